The molecule has 3 rings (SSSR count). The molecule has 5 nitrogen and oxygen atoms in total. The molecule has 140 valence electrons. The van der Waals surface area contributed by atoms with Gasteiger partial charge in [0, 0.05) is 25.0 Å². The van der Waals surface area contributed by atoms with E-state index < -0.39 is 11.7 Å². The molecule has 9 heteroatoms. The molecule has 0 aliphatic carbocycles. The highest BCUT2D eigenvalue weighted by molar-refractivity contribution is 6.33. The van der Waals surface area contributed by atoms with Crippen molar-refractivity contribution in [3.8, 4) is 0 Å². The third-order valence-electron chi connectivity index (χ3n) is 3.62. The number of rotatable bonds is 5. The summed E-state index contributed by atoms with van der Waals surface area (Å²) >= 11 is 6.02. The van der Waals surface area contributed by atoms with Crippen molar-refractivity contribution in [2.75, 3.05) is 10.6 Å². The molecule has 3 aromatic rings. The fourth-order valence-corrected chi connectivity index (χ4v) is 2.52. The first-order valence-electron chi connectivity index (χ1n) is 7.93. The standard InChI is InChI=1S/C18H15ClF3N5/c1-11-25-16(24-10-12-4-6-23-7-5-12)9-17(26-11)27-15-8-13(18(20,21)22)2-3-14(15)19/h2-9H,10H2,1H3,(H2,24,25,26,27). The Balaban J connectivity index is 1.80. The van der Waals surface area contributed by atoms with Gasteiger partial charge in [0.05, 0.1) is 16.3 Å². The average molecular weight is 394 g/mol. The van der Waals surface area contributed by atoms with Crippen molar-refractivity contribution in [2.24, 2.45) is 0 Å². The molecule has 27 heavy (non-hydrogen) atoms. The van der Waals surface area contributed by atoms with E-state index in [9.17, 15) is 13.2 Å². The summed E-state index contributed by atoms with van der Waals surface area (Å²) in [5, 5.41) is 6.14. The number of pyridine rings is 1. The summed E-state index contributed by atoms with van der Waals surface area (Å²) in [5.41, 5.74) is 0.331. The number of aryl methyl sites for hydroxylation is 1. The van der Waals surface area contributed by atoms with Gasteiger partial charge in [-0.2, -0.15) is 13.2 Å². The van der Waals surface area contributed by atoms with Gasteiger partial charge in [-0.05, 0) is 42.8 Å². The quantitative estimate of drug-likeness (QED) is 0.623. The van der Waals surface area contributed by atoms with Gasteiger partial charge in [0.15, 0.2) is 0 Å². The molecule has 0 saturated carbocycles. The summed E-state index contributed by atoms with van der Waals surface area (Å²) in [7, 11) is 0. The van der Waals surface area contributed by atoms with E-state index in [0.29, 0.717) is 24.0 Å². The van der Waals surface area contributed by atoms with Gasteiger partial charge in [-0.25, -0.2) is 9.97 Å². The first kappa shape index (κ1) is 18.9. The molecule has 0 unspecified atom stereocenters. The number of aromatic nitrogens is 3. The molecular weight excluding hydrogens is 379 g/mol. The van der Waals surface area contributed by atoms with Crippen molar-refractivity contribution in [1.29, 1.82) is 0 Å². The predicted molar refractivity (Wildman–Crippen MR) is 98.1 cm³/mol. The molecule has 0 spiro atoms. The zero-order valence-electron chi connectivity index (χ0n) is 14.2. The summed E-state index contributed by atoms with van der Waals surface area (Å²) in [6, 6.07) is 8.41. The third kappa shape index (κ3) is 5.07. The molecule has 0 amide bonds. The van der Waals surface area contributed by atoms with Crippen molar-refractivity contribution in [3.05, 3.63) is 70.8 Å². The SMILES string of the molecule is Cc1nc(NCc2ccncc2)cc(Nc2cc(C(F)(F)F)ccc2Cl)n1. The number of anilines is 3. The van der Waals surface area contributed by atoms with Gasteiger partial charge in [-0.3, -0.25) is 4.98 Å². The van der Waals surface area contributed by atoms with Gasteiger partial charge in [0.1, 0.15) is 17.5 Å². The average Bonchev–Trinajstić information content (AvgIpc) is 2.61. The van der Waals surface area contributed by atoms with Crippen molar-refractivity contribution in [1.82, 2.24) is 15.0 Å². The summed E-state index contributed by atoms with van der Waals surface area (Å²) < 4.78 is 38.8. The summed E-state index contributed by atoms with van der Waals surface area (Å²) in [5.74, 6) is 1.33. The zero-order valence-corrected chi connectivity index (χ0v) is 14.9. The van der Waals surface area contributed by atoms with Crippen LogP contribution in [0.3, 0.4) is 0 Å². The van der Waals surface area contributed by atoms with Crippen molar-refractivity contribution in [2.45, 2.75) is 19.6 Å². The van der Waals surface area contributed by atoms with Crippen molar-refractivity contribution >= 4 is 28.9 Å². The zero-order chi connectivity index (χ0) is 19.4. The predicted octanol–water partition coefficient (Wildman–Crippen LogP) is 5.21. The maximum Gasteiger partial charge on any atom is 0.416 e. The molecule has 2 aromatic heterocycles. The third-order valence-corrected chi connectivity index (χ3v) is 3.95. The van der Waals surface area contributed by atoms with Gasteiger partial charge in [0.25, 0.3) is 0 Å². The van der Waals surface area contributed by atoms with Crippen molar-refractivity contribution < 1.29 is 13.2 Å². The summed E-state index contributed by atoms with van der Waals surface area (Å²) in [6.45, 7) is 2.21. The number of alkyl halides is 3. The van der Waals surface area contributed by atoms with Gasteiger partial charge >= 0.3 is 6.18 Å². The number of hydrogen-bond donors (Lipinski definition) is 2. The lowest BCUT2D eigenvalue weighted by molar-refractivity contribution is -0.137. The summed E-state index contributed by atoms with van der Waals surface area (Å²) in [6.07, 6.45) is -1.09. The molecule has 0 aliphatic heterocycles. The lowest BCUT2D eigenvalue weighted by atomic mass is 10.2. The van der Waals surface area contributed by atoms with Crippen LogP contribution in [0.4, 0.5) is 30.5 Å². The first-order valence-corrected chi connectivity index (χ1v) is 8.31. The lowest BCUT2D eigenvalue weighted by Crippen LogP contribution is -2.07. The van der Waals surface area contributed by atoms with Crippen LogP contribution in [0.5, 0.6) is 0 Å². The minimum absolute atomic E-state index is 0.115. The fourth-order valence-electron chi connectivity index (χ4n) is 2.35. The van der Waals surface area contributed by atoms with Crippen molar-refractivity contribution in [3.63, 3.8) is 0 Å². The van der Waals surface area contributed by atoms with E-state index in [1.54, 1.807) is 25.4 Å². The van der Waals surface area contributed by atoms with Gasteiger partial charge in [-0.1, -0.05) is 11.6 Å². The Hall–Kier alpha value is -2.87. The second kappa shape index (κ2) is 7.79. The second-order valence-corrected chi connectivity index (χ2v) is 6.12. The molecule has 1 aromatic carbocycles. The highest BCUT2D eigenvalue weighted by Gasteiger charge is 2.31. The first-order chi connectivity index (χ1) is 12.8. The molecule has 0 aliphatic rings. The molecule has 0 atom stereocenters. The number of nitrogens with one attached hydrogen (secondary N) is 2. The maximum absolute atomic E-state index is 12.9. The minimum atomic E-state index is -4.46. The van der Waals surface area contributed by atoms with Crippen LogP contribution in [-0.4, -0.2) is 15.0 Å². The smallest absolute Gasteiger partial charge is 0.366 e. The van der Waals surface area contributed by atoms with E-state index in [0.717, 1.165) is 17.7 Å². The molecule has 0 bridgehead atoms. The largest absolute Gasteiger partial charge is 0.416 e. The molecular formula is C18H15ClF3N5. The van der Waals surface area contributed by atoms with E-state index in [4.69, 9.17) is 11.6 Å². The normalized spacial score (nSPS) is 11.3. The van der Waals surface area contributed by atoms with Gasteiger partial charge < -0.3 is 10.6 Å². The van der Waals surface area contributed by atoms with Crippen LogP contribution < -0.4 is 10.6 Å². The number of hydrogen-bond acceptors (Lipinski definition) is 5. The maximum atomic E-state index is 12.9. The van der Waals surface area contributed by atoms with Crippen LogP contribution >= 0.6 is 11.6 Å². The van der Waals surface area contributed by atoms with Crippen LogP contribution in [0.2, 0.25) is 5.02 Å². The summed E-state index contributed by atoms with van der Waals surface area (Å²) in [4.78, 5) is 12.4. The Labute approximate surface area is 158 Å². The van der Waals surface area contributed by atoms with Gasteiger partial charge in [-0.15, -0.1) is 0 Å². The van der Waals surface area contributed by atoms with Crippen LogP contribution in [0.25, 0.3) is 0 Å². The Morgan fingerprint density at radius 2 is 1.70 bits per heavy atom. The van der Waals surface area contributed by atoms with Crippen LogP contribution in [0, 0.1) is 6.92 Å². The monoisotopic (exact) mass is 393 g/mol. The van der Waals surface area contributed by atoms with Crippen LogP contribution in [0.1, 0.15) is 17.0 Å². The topological polar surface area (TPSA) is 62.7 Å². The highest BCUT2D eigenvalue weighted by Crippen LogP contribution is 2.34. The van der Waals surface area contributed by atoms with E-state index >= 15 is 0 Å². The number of nitrogens with zero attached hydrogens (tertiary/aromatic N) is 3. The second-order valence-electron chi connectivity index (χ2n) is 5.71. The number of halogens is 4. The van der Waals surface area contributed by atoms with Gasteiger partial charge in [0.2, 0.25) is 0 Å². The molecule has 2 heterocycles. The van der Waals surface area contributed by atoms with E-state index in [1.807, 2.05) is 12.1 Å². The molecule has 2 N–H and O–H groups in total. The van der Waals surface area contributed by atoms with E-state index in [2.05, 4.69) is 25.6 Å². The van der Waals surface area contributed by atoms with Crippen LogP contribution in [0.15, 0.2) is 48.8 Å². The van der Waals surface area contributed by atoms with Crippen LogP contribution in [-0.2, 0) is 12.7 Å². The Morgan fingerprint density at radius 1 is 1.00 bits per heavy atom. The van der Waals surface area contributed by atoms with E-state index in [1.165, 1.54) is 6.07 Å². The Morgan fingerprint density at radius 3 is 2.41 bits per heavy atom. The molecule has 0 fully saturated rings. The molecule has 0 radical (unpaired) electrons. The highest BCUT2D eigenvalue weighted by atomic mass is 35.5. The lowest BCUT2D eigenvalue weighted by Gasteiger charge is -2.13. The minimum Gasteiger partial charge on any atom is -0.366 e. The fraction of sp³-hybridized carbons (Fsp3) is 0.167. The number of benzene rings is 1. The van der Waals surface area contributed by atoms with E-state index in [-0.39, 0.29) is 10.7 Å². The Bertz CT molecular complexity index is 932. The molecule has 0 saturated heterocycles. The Kier molecular flexibility index (Phi) is 5.46.